The van der Waals surface area contributed by atoms with E-state index in [0.717, 1.165) is 11.4 Å². The van der Waals surface area contributed by atoms with Crippen LogP contribution in [0.4, 0.5) is 0 Å². The first-order chi connectivity index (χ1) is 8.70. The molecule has 18 heavy (non-hydrogen) atoms. The first-order valence-corrected chi connectivity index (χ1v) is 5.84. The summed E-state index contributed by atoms with van der Waals surface area (Å²) < 4.78 is 1.75. The van der Waals surface area contributed by atoms with Crippen molar-refractivity contribution in [1.29, 1.82) is 5.26 Å². The van der Waals surface area contributed by atoms with Crippen LogP contribution in [0.25, 0.3) is 5.69 Å². The third-order valence-corrected chi connectivity index (χ3v) is 2.53. The van der Waals surface area contributed by atoms with Crippen LogP contribution in [-0.2, 0) is 6.54 Å². The van der Waals surface area contributed by atoms with Crippen LogP contribution >= 0.6 is 0 Å². The highest BCUT2D eigenvalue weighted by atomic mass is 15.4. The van der Waals surface area contributed by atoms with E-state index in [2.05, 4.69) is 35.5 Å². The molecule has 0 bridgehead atoms. The number of aromatic nitrogens is 3. The third kappa shape index (κ3) is 2.73. The zero-order chi connectivity index (χ0) is 13.0. The normalized spacial score (nSPS) is 10.6. The molecule has 0 atom stereocenters. The quantitative estimate of drug-likeness (QED) is 0.883. The minimum Gasteiger partial charge on any atom is -0.309 e. The van der Waals surface area contributed by atoms with Crippen LogP contribution in [-0.4, -0.2) is 21.0 Å². The van der Waals surface area contributed by atoms with Crippen molar-refractivity contribution in [3.63, 3.8) is 0 Å². The van der Waals surface area contributed by atoms with E-state index < -0.39 is 0 Å². The Kier molecular flexibility index (Phi) is 3.70. The van der Waals surface area contributed by atoms with Gasteiger partial charge in [0.05, 0.1) is 29.2 Å². The summed E-state index contributed by atoms with van der Waals surface area (Å²) in [7, 11) is 0. The van der Waals surface area contributed by atoms with Gasteiger partial charge in [-0.2, -0.15) is 5.26 Å². The molecule has 0 unspecified atom stereocenters. The number of hydrogen-bond acceptors (Lipinski definition) is 4. The average Bonchev–Trinajstić information content (AvgIpc) is 2.84. The van der Waals surface area contributed by atoms with Crippen LogP contribution in [0.3, 0.4) is 0 Å². The number of nitriles is 1. The van der Waals surface area contributed by atoms with Crippen molar-refractivity contribution in [2.45, 2.75) is 26.4 Å². The van der Waals surface area contributed by atoms with Gasteiger partial charge in [0.2, 0.25) is 0 Å². The fourth-order valence-electron chi connectivity index (χ4n) is 1.61. The van der Waals surface area contributed by atoms with Gasteiger partial charge >= 0.3 is 0 Å². The Labute approximate surface area is 106 Å². The summed E-state index contributed by atoms with van der Waals surface area (Å²) in [6.45, 7) is 4.87. The van der Waals surface area contributed by atoms with Crippen LogP contribution < -0.4 is 5.32 Å². The summed E-state index contributed by atoms with van der Waals surface area (Å²) in [6.07, 6.45) is 1.73. The Balaban J connectivity index is 2.28. The minimum absolute atomic E-state index is 0.402. The van der Waals surface area contributed by atoms with Gasteiger partial charge in [-0.05, 0) is 18.2 Å². The molecule has 92 valence electrons. The van der Waals surface area contributed by atoms with Gasteiger partial charge in [0, 0.05) is 12.6 Å². The summed E-state index contributed by atoms with van der Waals surface area (Å²) in [4.78, 5) is 0. The van der Waals surface area contributed by atoms with Crippen molar-refractivity contribution in [3.05, 3.63) is 41.7 Å². The molecule has 0 radical (unpaired) electrons. The van der Waals surface area contributed by atoms with E-state index in [0.29, 0.717) is 18.2 Å². The lowest BCUT2D eigenvalue weighted by Gasteiger charge is -2.09. The van der Waals surface area contributed by atoms with E-state index in [-0.39, 0.29) is 0 Å². The number of hydrogen-bond donors (Lipinski definition) is 1. The molecule has 1 aromatic carbocycles. The summed E-state index contributed by atoms with van der Waals surface area (Å²) in [5.74, 6) is 0. The number of nitrogens with zero attached hydrogens (tertiary/aromatic N) is 4. The molecule has 0 aliphatic heterocycles. The van der Waals surface area contributed by atoms with Crippen molar-refractivity contribution in [1.82, 2.24) is 20.3 Å². The summed E-state index contributed by atoms with van der Waals surface area (Å²) >= 11 is 0. The molecule has 0 saturated heterocycles. The van der Waals surface area contributed by atoms with Crippen molar-refractivity contribution >= 4 is 0 Å². The van der Waals surface area contributed by atoms with Crippen molar-refractivity contribution in [3.8, 4) is 11.8 Å². The van der Waals surface area contributed by atoms with E-state index in [1.165, 1.54) is 0 Å². The van der Waals surface area contributed by atoms with Gasteiger partial charge in [0.15, 0.2) is 0 Å². The van der Waals surface area contributed by atoms with Crippen LogP contribution in [0, 0.1) is 11.3 Å². The highest BCUT2D eigenvalue weighted by Crippen LogP contribution is 2.11. The van der Waals surface area contributed by atoms with Gasteiger partial charge in [0.25, 0.3) is 0 Å². The van der Waals surface area contributed by atoms with Gasteiger partial charge in [-0.25, -0.2) is 4.68 Å². The zero-order valence-corrected chi connectivity index (χ0v) is 10.5. The van der Waals surface area contributed by atoms with E-state index >= 15 is 0 Å². The van der Waals surface area contributed by atoms with Crippen LogP contribution in [0.1, 0.15) is 25.1 Å². The Morgan fingerprint density at radius 3 is 3.00 bits per heavy atom. The Hall–Kier alpha value is -2.19. The maximum atomic E-state index is 8.90. The lowest BCUT2D eigenvalue weighted by Crippen LogP contribution is -2.23. The standard InChI is InChI=1S/C13H15N5/c1-10(2)15-8-13-9-16-17-18(13)12-5-3-4-11(6-12)7-14/h3-6,9-10,15H,8H2,1-2H3. The maximum Gasteiger partial charge on any atom is 0.0992 e. The predicted octanol–water partition coefficient (Wildman–Crippen LogP) is 1.64. The molecule has 0 saturated carbocycles. The molecule has 0 aliphatic rings. The molecule has 5 heteroatoms. The molecule has 0 spiro atoms. The molecule has 1 aromatic heterocycles. The maximum absolute atomic E-state index is 8.90. The Morgan fingerprint density at radius 1 is 1.44 bits per heavy atom. The summed E-state index contributed by atoms with van der Waals surface area (Å²) in [5, 5.41) is 20.2. The molecule has 0 aliphatic carbocycles. The highest BCUT2D eigenvalue weighted by molar-refractivity contribution is 5.41. The fourth-order valence-corrected chi connectivity index (χ4v) is 1.61. The second-order valence-corrected chi connectivity index (χ2v) is 4.33. The minimum atomic E-state index is 0.402. The molecular weight excluding hydrogens is 226 g/mol. The third-order valence-electron chi connectivity index (χ3n) is 2.53. The van der Waals surface area contributed by atoms with E-state index in [4.69, 9.17) is 5.26 Å². The van der Waals surface area contributed by atoms with E-state index in [9.17, 15) is 0 Å². The van der Waals surface area contributed by atoms with Crippen LogP contribution in [0.5, 0.6) is 0 Å². The molecular formula is C13H15N5. The summed E-state index contributed by atoms with van der Waals surface area (Å²) in [6, 6.07) is 9.85. The first kappa shape index (κ1) is 12.3. The number of benzene rings is 1. The van der Waals surface area contributed by atoms with Crippen LogP contribution in [0.2, 0.25) is 0 Å². The van der Waals surface area contributed by atoms with Crippen molar-refractivity contribution < 1.29 is 0 Å². The molecule has 2 rings (SSSR count). The predicted molar refractivity (Wildman–Crippen MR) is 68.0 cm³/mol. The zero-order valence-electron chi connectivity index (χ0n) is 10.5. The largest absolute Gasteiger partial charge is 0.309 e. The van der Waals surface area contributed by atoms with Gasteiger partial charge in [0.1, 0.15) is 0 Å². The van der Waals surface area contributed by atoms with E-state index in [1.54, 1.807) is 23.0 Å². The van der Waals surface area contributed by atoms with Crippen LogP contribution in [0.15, 0.2) is 30.5 Å². The second kappa shape index (κ2) is 5.43. The molecule has 0 amide bonds. The lowest BCUT2D eigenvalue weighted by atomic mass is 10.2. The second-order valence-electron chi connectivity index (χ2n) is 4.33. The molecule has 2 aromatic rings. The molecule has 1 N–H and O–H groups in total. The van der Waals surface area contributed by atoms with Gasteiger partial charge in [-0.3, -0.25) is 0 Å². The smallest absolute Gasteiger partial charge is 0.0992 e. The molecule has 1 heterocycles. The molecule has 5 nitrogen and oxygen atoms in total. The first-order valence-electron chi connectivity index (χ1n) is 5.84. The lowest BCUT2D eigenvalue weighted by molar-refractivity contribution is 0.570. The van der Waals surface area contributed by atoms with Crippen molar-refractivity contribution in [2.24, 2.45) is 0 Å². The Morgan fingerprint density at radius 2 is 2.28 bits per heavy atom. The van der Waals surface area contributed by atoms with Gasteiger partial charge in [-0.1, -0.05) is 25.1 Å². The van der Waals surface area contributed by atoms with E-state index in [1.807, 2.05) is 12.1 Å². The molecule has 0 fully saturated rings. The Bertz CT molecular complexity index is 565. The van der Waals surface area contributed by atoms with Gasteiger partial charge in [-0.15, -0.1) is 5.10 Å². The monoisotopic (exact) mass is 241 g/mol. The van der Waals surface area contributed by atoms with Gasteiger partial charge < -0.3 is 5.32 Å². The number of nitrogens with one attached hydrogen (secondary N) is 1. The number of rotatable bonds is 4. The fraction of sp³-hybridized carbons (Fsp3) is 0.308. The average molecular weight is 241 g/mol. The van der Waals surface area contributed by atoms with Crippen molar-refractivity contribution in [2.75, 3.05) is 0 Å². The SMILES string of the molecule is CC(C)NCc1cnnn1-c1cccc(C#N)c1. The summed E-state index contributed by atoms with van der Waals surface area (Å²) in [5.41, 5.74) is 2.44. The highest BCUT2D eigenvalue weighted by Gasteiger charge is 2.07. The topological polar surface area (TPSA) is 66.5 Å².